The molecule has 0 radical (unpaired) electrons. The lowest BCUT2D eigenvalue weighted by Crippen LogP contribution is -2.23. The normalized spacial score (nSPS) is 14.4. The highest BCUT2D eigenvalue weighted by molar-refractivity contribution is 6.08. The molecule has 2 N–H and O–H groups in total. The number of amides is 2. The first-order valence-corrected chi connectivity index (χ1v) is 10.2. The van der Waals surface area contributed by atoms with E-state index in [1.807, 2.05) is 0 Å². The Bertz CT molecular complexity index is 1280. The van der Waals surface area contributed by atoms with Gasteiger partial charge in [-0.05, 0) is 47.0 Å². The van der Waals surface area contributed by atoms with Gasteiger partial charge in [0.25, 0.3) is 5.91 Å². The summed E-state index contributed by atoms with van der Waals surface area (Å²) in [4.78, 5) is 27.9. The third-order valence-electron chi connectivity index (χ3n) is 4.86. The highest BCUT2D eigenvalue weighted by Gasteiger charge is 2.32. The number of hydrogen-bond acceptors (Lipinski definition) is 4. The monoisotopic (exact) mass is 465 g/mol. The predicted molar refractivity (Wildman–Crippen MR) is 120 cm³/mol. The number of pyridine rings is 1. The molecule has 0 fully saturated rings. The van der Waals surface area contributed by atoms with E-state index in [0.29, 0.717) is 28.1 Å². The van der Waals surface area contributed by atoms with E-state index in [1.165, 1.54) is 12.1 Å². The maximum absolute atomic E-state index is 12.6. The van der Waals surface area contributed by atoms with Crippen LogP contribution in [0.25, 0.3) is 12.2 Å². The van der Waals surface area contributed by atoms with Gasteiger partial charge in [0, 0.05) is 18.8 Å². The number of carbonyl (C=O) groups is 2. The molecule has 0 unspecified atom stereocenters. The van der Waals surface area contributed by atoms with Crippen molar-refractivity contribution < 1.29 is 27.5 Å². The molecule has 2 heterocycles. The molecule has 4 rings (SSSR count). The third kappa shape index (κ3) is 5.50. The molecule has 1 aromatic heterocycles. The second kappa shape index (κ2) is 9.62. The van der Waals surface area contributed by atoms with Gasteiger partial charge in [-0.25, -0.2) is 0 Å². The molecule has 0 spiro atoms. The number of aromatic nitrogens is 1. The summed E-state index contributed by atoms with van der Waals surface area (Å²) in [6.45, 7) is 0.0213. The van der Waals surface area contributed by atoms with E-state index < -0.39 is 17.8 Å². The number of carbonyl (C=O) groups excluding carboxylic acids is 2. The van der Waals surface area contributed by atoms with Crippen molar-refractivity contribution in [1.29, 1.82) is 0 Å². The van der Waals surface area contributed by atoms with Gasteiger partial charge in [-0.1, -0.05) is 42.5 Å². The van der Waals surface area contributed by atoms with Crippen LogP contribution in [0.4, 0.5) is 18.9 Å². The summed E-state index contributed by atoms with van der Waals surface area (Å²) in [6, 6.07) is 16.3. The number of fused-ring (bicyclic) bond motifs is 1. The number of halogens is 3. The Kier molecular flexibility index (Phi) is 6.44. The zero-order valence-electron chi connectivity index (χ0n) is 17.6. The van der Waals surface area contributed by atoms with E-state index >= 15 is 0 Å². The van der Waals surface area contributed by atoms with Crippen molar-refractivity contribution in [2.75, 3.05) is 5.32 Å². The lowest BCUT2D eigenvalue weighted by molar-refractivity contribution is -0.141. The number of anilines is 1. The summed E-state index contributed by atoms with van der Waals surface area (Å²) >= 11 is 0. The number of hydrogen-bond donors (Lipinski definition) is 2. The fraction of sp³-hybridized carbons (Fsp3) is 0.0800. The highest BCUT2D eigenvalue weighted by Crippen LogP contribution is 2.31. The minimum Gasteiger partial charge on any atom is -0.449 e. The molecule has 0 bridgehead atoms. The van der Waals surface area contributed by atoms with Crippen LogP contribution in [0.15, 0.2) is 78.7 Å². The van der Waals surface area contributed by atoms with Crippen LogP contribution in [-0.2, 0) is 22.3 Å². The topological polar surface area (TPSA) is 80.3 Å². The van der Waals surface area contributed by atoms with Crippen LogP contribution in [-0.4, -0.2) is 16.8 Å². The standard InChI is InChI=1S/C25H18F3N3O3/c26-25(27,28)22-11-9-16(14-29-22)15-30-23(32)12-10-17-5-1-2-6-18(17)13-21-24(33)31-19-7-3-4-8-20(19)34-21/h1-14H,15H2,(H,30,32)(H,31,33)/b12-10+,21-13-. The quantitative estimate of drug-likeness (QED) is 0.531. The minimum absolute atomic E-state index is 0.0213. The molecule has 0 saturated carbocycles. The van der Waals surface area contributed by atoms with Crippen molar-refractivity contribution >= 4 is 29.7 Å². The van der Waals surface area contributed by atoms with Crippen molar-refractivity contribution in [3.63, 3.8) is 0 Å². The molecule has 2 aromatic carbocycles. The number of para-hydroxylation sites is 2. The first-order chi connectivity index (χ1) is 16.3. The average molecular weight is 465 g/mol. The van der Waals surface area contributed by atoms with Crippen molar-refractivity contribution in [3.8, 4) is 5.75 Å². The Morgan fingerprint density at radius 2 is 1.76 bits per heavy atom. The van der Waals surface area contributed by atoms with Crippen LogP contribution in [0.2, 0.25) is 0 Å². The first-order valence-electron chi connectivity index (χ1n) is 10.2. The van der Waals surface area contributed by atoms with Gasteiger partial charge in [0.1, 0.15) is 5.69 Å². The maximum Gasteiger partial charge on any atom is 0.433 e. The molecule has 0 saturated heterocycles. The van der Waals surface area contributed by atoms with E-state index in [4.69, 9.17) is 4.74 Å². The number of alkyl halides is 3. The van der Waals surface area contributed by atoms with Gasteiger partial charge in [0.05, 0.1) is 5.69 Å². The molecule has 9 heteroatoms. The van der Waals surface area contributed by atoms with Gasteiger partial charge in [-0.3, -0.25) is 14.6 Å². The summed E-state index contributed by atoms with van der Waals surface area (Å²) in [5.74, 6) is -0.194. The zero-order valence-corrected chi connectivity index (χ0v) is 17.6. The van der Waals surface area contributed by atoms with E-state index in [9.17, 15) is 22.8 Å². The molecule has 34 heavy (non-hydrogen) atoms. The third-order valence-corrected chi connectivity index (χ3v) is 4.86. The summed E-state index contributed by atoms with van der Waals surface area (Å²) in [5, 5.41) is 5.36. The van der Waals surface area contributed by atoms with Gasteiger partial charge in [0.15, 0.2) is 11.5 Å². The number of nitrogens with zero attached hydrogens (tertiary/aromatic N) is 1. The van der Waals surface area contributed by atoms with E-state index in [1.54, 1.807) is 60.7 Å². The zero-order chi connectivity index (χ0) is 24.1. The SMILES string of the molecule is O=C(/C=C/c1ccccc1/C=C1\Oc2ccccc2NC1=O)NCc1ccc(C(F)(F)F)nc1. The minimum atomic E-state index is -4.51. The molecule has 2 amide bonds. The van der Waals surface area contributed by atoms with Crippen LogP contribution in [0.5, 0.6) is 5.75 Å². The maximum atomic E-state index is 12.6. The van der Waals surface area contributed by atoms with Crippen LogP contribution in [0.3, 0.4) is 0 Å². The van der Waals surface area contributed by atoms with E-state index in [2.05, 4.69) is 15.6 Å². The number of nitrogens with one attached hydrogen (secondary N) is 2. The number of ether oxygens (including phenoxy) is 1. The van der Waals surface area contributed by atoms with Gasteiger partial charge in [-0.2, -0.15) is 13.2 Å². The molecule has 6 nitrogen and oxygen atoms in total. The first kappa shape index (κ1) is 22.8. The van der Waals surface area contributed by atoms with Crippen LogP contribution in [0, 0.1) is 0 Å². The second-order valence-electron chi connectivity index (χ2n) is 7.29. The Morgan fingerprint density at radius 3 is 2.50 bits per heavy atom. The summed E-state index contributed by atoms with van der Waals surface area (Å²) < 4.78 is 43.5. The molecule has 0 aliphatic carbocycles. The van der Waals surface area contributed by atoms with Gasteiger partial charge in [-0.15, -0.1) is 0 Å². The van der Waals surface area contributed by atoms with Crippen LogP contribution >= 0.6 is 0 Å². The Balaban J connectivity index is 1.43. The molecular formula is C25H18F3N3O3. The van der Waals surface area contributed by atoms with E-state index in [-0.39, 0.29) is 18.2 Å². The van der Waals surface area contributed by atoms with Crippen molar-refractivity contribution in [3.05, 3.63) is 101 Å². The van der Waals surface area contributed by atoms with Crippen molar-refractivity contribution in [2.24, 2.45) is 0 Å². The molecule has 0 atom stereocenters. The number of rotatable bonds is 5. The highest BCUT2D eigenvalue weighted by atomic mass is 19.4. The van der Waals surface area contributed by atoms with E-state index in [0.717, 1.165) is 12.3 Å². The Labute approximate surface area is 192 Å². The molecule has 1 aliphatic rings. The van der Waals surface area contributed by atoms with Gasteiger partial charge >= 0.3 is 6.18 Å². The molecular weight excluding hydrogens is 447 g/mol. The number of benzene rings is 2. The predicted octanol–water partition coefficient (Wildman–Crippen LogP) is 4.80. The fourth-order valence-electron chi connectivity index (χ4n) is 3.15. The summed E-state index contributed by atoms with van der Waals surface area (Å²) in [5.41, 5.74) is 1.34. The summed E-state index contributed by atoms with van der Waals surface area (Å²) in [7, 11) is 0. The second-order valence-corrected chi connectivity index (χ2v) is 7.29. The lowest BCUT2D eigenvalue weighted by Gasteiger charge is -2.19. The van der Waals surface area contributed by atoms with Crippen molar-refractivity contribution in [2.45, 2.75) is 12.7 Å². The smallest absolute Gasteiger partial charge is 0.433 e. The molecule has 1 aliphatic heterocycles. The Morgan fingerprint density at radius 1 is 1.03 bits per heavy atom. The van der Waals surface area contributed by atoms with Gasteiger partial charge in [0.2, 0.25) is 5.91 Å². The summed E-state index contributed by atoms with van der Waals surface area (Å²) in [6.07, 6.45) is 1.01. The molecule has 3 aromatic rings. The lowest BCUT2D eigenvalue weighted by atomic mass is 10.1. The Hall–Kier alpha value is -4.40. The molecule has 172 valence electrons. The van der Waals surface area contributed by atoms with Crippen molar-refractivity contribution in [1.82, 2.24) is 10.3 Å². The van der Waals surface area contributed by atoms with Crippen LogP contribution in [0.1, 0.15) is 22.4 Å². The van der Waals surface area contributed by atoms with Crippen LogP contribution < -0.4 is 15.4 Å². The fourth-order valence-corrected chi connectivity index (χ4v) is 3.15. The van der Waals surface area contributed by atoms with Gasteiger partial charge < -0.3 is 15.4 Å². The largest absolute Gasteiger partial charge is 0.449 e. The average Bonchev–Trinajstić information content (AvgIpc) is 2.82.